The van der Waals surface area contributed by atoms with Gasteiger partial charge in [-0.15, -0.1) is 0 Å². The third kappa shape index (κ3) is 4.25. The molecular formula is C12H17BrN4O. The molecule has 2 N–H and O–H groups in total. The van der Waals surface area contributed by atoms with Gasteiger partial charge in [0.15, 0.2) is 0 Å². The highest BCUT2D eigenvalue weighted by molar-refractivity contribution is 9.10. The molecule has 1 heterocycles. The van der Waals surface area contributed by atoms with Gasteiger partial charge in [-0.25, -0.2) is 14.8 Å². The van der Waals surface area contributed by atoms with E-state index in [0.29, 0.717) is 11.9 Å². The Morgan fingerprint density at radius 3 is 2.61 bits per heavy atom. The van der Waals surface area contributed by atoms with Gasteiger partial charge in [0.2, 0.25) is 5.95 Å². The van der Waals surface area contributed by atoms with Crippen molar-refractivity contribution in [1.29, 1.82) is 0 Å². The van der Waals surface area contributed by atoms with E-state index >= 15 is 0 Å². The number of rotatable bonds is 3. The van der Waals surface area contributed by atoms with E-state index in [1.165, 1.54) is 32.1 Å². The molecule has 1 aromatic heterocycles. The van der Waals surface area contributed by atoms with E-state index in [4.69, 9.17) is 0 Å². The zero-order valence-corrected chi connectivity index (χ0v) is 11.7. The molecule has 0 unspecified atom stereocenters. The first-order valence-electron chi connectivity index (χ1n) is 6.26. The van der Waals surface area contributed by atoms with Crippen LogP contribution in [-0.2, 0) is 0 Å². The second-order valence-corrected chi connectivity index (χ2v) is 5.48. The van der Waals surface area contributed by atoms with E-state index in [9.17, 15) is 4.79 Å². The molecule has 6 heteroatoms. The molecule has 1 fully saturated rings. The van der Waals surface area contributed by atoms with E-state index < -0.39 is 0 Å². The molecule has 2 amide bonds. The van der Waals surface area contributed by atoms with Crippen LogP contribution in [0.3, 0.4) is 0 Å². The van der Waals surface area contributed by atoms with Gasteiger partial charge < -0.3 is 5.32 Å². The highest BCUT2D eigenvalue weighted by atomic mass is 79.9. The Kier molecular flexibility index (Phi) is 4.92. The van der Waals surface area contributed by atoms with Gasteiger partial charge in [-0.2, -0.15) is 0 Å². The first-order chi connectivity index (χ1) is 8.74. The Morgan fingerprint density at radius 1 is 1.28 bits per heavy atom. The minimum Gasteiger partial charge on any atom is -0.338 e. The van der Waals surface area contributed by atoms with E-state index in [1.807, 2.05) is 0 Å². The van der Waals surface area contributed by atoms with Crippen molar-refractivity contribution < 1.29 is 4.79 Å². The monoisotopic (exact) mass is 312 g/mol. The molecule has 1 aliphatic carbocycles. The van der Waals surface area contributed by atoms with Crippen molar-refractivity contribution in [2.24, 2.45) is 5.92 Å². The van der Waals surface area contributed by atoms with Crippen LogP contribution in [0.25, 0.3) is 0 Å². The average molecular weight is 313 g/mol. The summed E-state index contributed by atoms with van der Waals surface area (Å²) in [6.07, 6.45) is 9.53. The number of amides is 2. The number of hydrogen-bond acceptors (Lipinski definition) is 3. The summed E-state index contributed by atoms with van der Waals surface area (Å²) in [5.74, 6) is 0.940. The van der Waals surface area contributed by atoms with E-state index in [1.54, 1.807) is 12.4 Å². The van der Waals surface area contributed by atoms with E-state index in [0.717, 1.165) is 11.0 Å². The molecule has 0 saturated heterocycles. The zero-order chi connectivity index (χ0) is 12.8. The number of aromatic nitrogens is 2. The molecule has 0 bridgehead atoms. The van der Waals surface area contributed by atoms with Crippen LogP contribution in [0.2, 0.25) is 0 Å². The number of urea groups is 1. The summed E-state index contributed by atoms with van der Waals surface area (Å²) < 4.78 is 0.788. The van der Waals surface area contributed by atoms with Gasteiger partial charge in [0.1, 0.15) is 0 Å². The van der Waals surface area contributed by atoms with Gasteiger partial charge in [0, 0.05) is 18.9 Å². The lowest BCUT2D eigenvalue weighted by Gasteiger charge is -2.21. The van der Waals surface area contributed by atoms with Crippen molar-refractivity contribution in [3.8, 4) is 0 Å². The van der Waals surface area contributed by atoms with Crippen molar-refractivity contribution in [1.82, 2.24) is 15.3 Å². The molecular weight excluding hydrogens is 296 g/mol. The number of anilines is 1. The fraction of sp³-hybridized carbons (Fsp3) is 0.583. The average Bonchev–Trinajstić information content (AvgIpc) is 2.40. The standard InChI is InChI=1S/C12H17BrN4O/c13-10-7-14-11(15-8-10)17-12(18)16-6-9-4-2-1-3-5-9/h7-9H,1-6H2,(H2,14,15,16,17,18). The van der Waals surface area contributed by atoms with Crippen LogP contribution in [0.1, 0.15) is 32.1 Å². The Hall–Kier alpha value is -1.17. The summed E-state index contributed by atoms with van der Waals surface area (Å²) in [5.41, 5.74) is 0. The fourth-order valence-corrected chi connectivity index (χ4v) is 2.36. The number of carbonyl (C=O) groups excluding carboxylic acids is 1. The minimum absolute atomic E-state index is 0.233. The molecule has 5 nitrogen and oxygen atoms in total. The Balaban J connectivity index is 1.73. The molecule has 1 aliphatic rings. The molecule has 0 aromatic carbocycles. The summed E-state index contributed by atoms with van der Waals surface area (Å²) in [6.45, 7) is 0.738. The van der Waals surface area contributed by atoms with Crippen LogP contribution in [0.15, 0.2) is 16.9 Å². The Labute approximate surface area is 115 Å². The maximum Gasteiger partial charge on any atom is 0.321 e. The highest BCUT2D eigenvalue weighted by Crippen LogP contribution is 2.22. The van der Waals surface area contributed by atoms with Crippen molar-refractivity contribution in [3.05, 3.63) is 16.9 Å². The van der Waals surface area contributed by atoms with Gasteiger partial charge in [-0.3, -0.25) is 5.32 Å². The summed E-state index contributed by atoms with van der Waals surface area (Å²) >= 11 is 3.24. The predicted molar refractivity (Wildman–Crippen MR) is 73.3 cm³/mol. The summed E-state index contributed by atoms with van der Waals surface area (Å²) in [7, 11) is 0. The van der Waals surface area contributed by atoms with E-state index in [2.05, 4.69) is 36.5 Å². The highest BCUT2D eigenvalue weighted by Gasteiger charge is 2.14. The SMILES string of the molecule is O=C(NCC1CCCCC1)Nc1ncc(Br)cn1. The largest absolute Gasteiger partial charge is 0.338 e. The topological polar surface area (TPSA) is 66.9 Å². The second-order valence-electron chi connectivity index (χ2n) is 4.56. The van der Waals surface area contributed by atoms with Crippen molar-refractivity contribution >= 4 is 27.9 Å². The lowest BCUT2D eigenvalue weighted by Crippen LogP contribution is -2.34. The lowest BCUT2D eigenvalue weighted by atomic mass is 9.89. The smallest absolute Gasteiger partial charge is 0.321 e. The maximum atomic E-state index is 11.6. The number of halogens is 1. The fourth-order valence-electron chi connectivity index (χ4n) is 2.15. The number of hydrogen-bond donors (Lipinski definition) is 2. The lowest BCUT2D eigenvalue weighted by molar-refractivity contribution is 0.247. The molecule has 18 heavy (non-hydrogen) atoms. The number of carbonyl (C=O) groups is 1. The molecule has 0 aliphatic heterocycles. The molecule has 0 radical (unpaired) electrons. The van der Waals surface area contributed by atoms with Crippen molar-refractivity contribution in [2.45, 2.75) is 32.1 Å². The van der Waals surface area contributed by atoms with Gasteiger partial charge in [0.25, 0.3) is 0 Å². The van der Waals surface area contributed by atoms with Crippen LogP contribution in [0.4, 0.5) is 10.7 Å². The van der Waals surface area contributed by atoms with Crippen molar-refractivity contribution in [3.63, 3.8) is 0 Å². The Bertz CT molecular complexity index is 390. The third-order valence-electron chi connectivity index (χ3n) is 3.12. The van der Waals surface area contributed by atoms with Crippen LogP contribution in [-0.4, -0.2) is 22.5 Å². The number of nitrogens with zero attached hydrogens (tertiary/aromatic N) is 2. The molecule has 0 atom stereocenters. The van der Waals surface area contributed by atoms with Gasteiger partial charge in [0.05, 0.1) is 4.47 Å². The van der Waals surface area contributed by atoms with Gasteiger partial charge in [-0.1, -0.05) is 19.3 Å². The second kappa shape index (κ2) is 6.68. The first-order valence-corrected chi connectivity index (χ1v) is 7.06. The normalized spacial score (nSPS) is 16.3. The Morgan fingerprint density at radius 2 is 1.94 bits per heavy atom. The first kappa shape index (κ1) is 13.3. The molecule has 0 spiro atoms. The minimum atomic E-state index is -0.233. The molecule has 1 aromatic rings. The van der Waals surface area contributed by atoms with Crippen LogP contribution in [0, 0.1) is 5.92 Å². The summed E-state index contributed by atoms with van der Waals surface area (Å²) in [4.78, 5) is 19.6. The molecule has 2 rings (SSSR count). The maximum absolute atomic E-state index is 11.6. The van der Waals surface area contributed by atoms with Crippen LogP contribution < -0.4 is 10.6 Å². The van der Waals surface area contributed by atoms with Crippen LogP contribution >= 0.6 is 15.9 Å². The number of nitrogens with one attached hydrogen (secondary N) is 2. The molecule has 98 valence electrons. The third-order valence-corrected chi connectivity index (χ3v) is 3.53. The summed E-state index contributed by atoms with van der Waals surface area (Å²) in [6, 6.07) is -0.233. The van der Waals surface area contributed by atoms with Crippen molar-refractivity contribution in [2.75, 3.05) is 11.9 Å². The van der Waals surface area contributed by atoms with Gasteiger partial charge >= 0.3 is 6.03 Å². The summed E-state index contributed by atoms with van der Waals surface area (Å²) in [5, 5.41) is 5.49. The van der Waals surface area contributed by atoms with Crippen LogP contribution in [0.5, 0.6) is 0 Å². The quantitative estimate of drug-likeness (QED) is 0.901. The molecule has 1 saturated carbocycles. The predicted octanol–water partition coefficient (Wildman–Crippen LogP) is 2.94. The zero-order valence-electron chi connectivity index (χ0n) is 10.2. The van der Waals surface area contributed by atoms with E-state index in [-0.39, 0.29) is 6.03 Å². The van der Waals surface area contributed by atoms with Gasteiger partial charge in [-0.05, 0) is 34.7 Å².